The predicted octanol–water partition coefficient (Wildman–Crippen LogP) is 4.65. The van der Waals surface area contributed by atoms with E-state index in [4.69, 9.17) is 9.26 Å². The minimum Gasteiger partial charge on any atom is -0.486 e. The normalized spacial score (nSPS) is 10.8. The molecule has 2 aromatic carbocycles. The van der Waals surface area contributed by atoms with Crippen molar-refractivity contribution in [2.75, 3.05) is 5.32 Å². The first kappa shape index (κ1) is 19.4. The van der Waals surface area contributed by atoms with Crippen LogP contribution in [0.1, 0.15) is 27.5 Å². The highest BCUT2D eigenvalue weighted by Gasteiger charge is 2.16. The Balaban J connectivity index is 1.46. The Morgan fingerprint density at radius 2 is 1.93 bits per heavy atom. The van der Waals surface area contributed by atoms with E-state index < -0.39 is 5.91 Å². The number of halogens is 1. The zero-order valence-electron chi connectivity index (χ0n) is 16.4. The molecule has 2 N–H and O–H groups in total. The third-order valence-corrected chi connectivity index (χ3v) is 4.39. The van der Waals surface area contributed by atoms with Gasteiger partial charge in [-0.05, 0) is 56.3 Å². The number of anilines is 1. The number of nitrogens with one attached hydrogen (secondary N) is 2. The number of amides is 1. The second-order valence-corrected chi connectivity index (χ2v) is 6.86. The van der Waals surface area contributed by atoms with Crippen LogP contribution < -0.4 is 10.1 Å². The monoisotopic (exact) mass is 406 g/mol. The largest absolute Gasteiger partial charge is 0.486 e. The number of aromatic nitrogens is 3. The summed E-state index contributed by atoms with van der Waals surface area (Å²) in [4.78, 5) is 12.7. The molecule has 4 rings (SSSR count). The minimum atomic E-state index is -0.413. The van der Waals surface area contributed by atoms with E-state index >= 15 is 0 Å². The lowest BCUT2D eigenvalue weighted by molar-refractivity contribution is 0.101. The first-order chi connectivity index (χ1) is 14.5. The average Bonchev–Trinajstić information content (AvgIpc) is 3.38. The standard InChI is InChI=1S/C22H19FN4O3/c1-13-3-8-19(18(9-13)20-10-14(2)25-26-20)24-22(28)21-11-17(30-27-21)12-29-16-6-4-15(23)5-7-16/h3-11H,12H2,1-2H3,(H,24,28)(H,25,26). The van der Waals surface area contributed by atoms with Crippen molar-refractivity contribution in [3.8, 4) is 17.0 Å². The third-order valence-electron chi connectivity index (χ3n) is 4.39. The summed E-state index contributed by atoms with van der Waals surface area (Å²) in [6.07, 6.45) is 0. The van der Waals surface area contributed by atoms with Crippen LogP contribution in [-0.4, -0.2) is 21.3 Å². The maximum atomic E-state index is 12.9. The van der Waals surface area contributed by atoms with Crippen molar-refractivity contribution in [2.45, 2.75) is 20.5 Å². The molecule has 30 heavy (non-hydrogen) atoms. The maximum absolute atomic E-state index is 12.9. The molecule has 0 radical (unpaired) electrons. The lowest BCUT2D eigenvalue weighted by atomic mass is 10.1. The number of rotatable bonds is 6. The fraction of sp³-hybridized carbons (Fsp3) is 0.136. The molecule has 0 fully saturated rings. The molecule has 1 amide bonds. The molecule has 4 aromatic rings. The number of ether oxygens (including phenoxy) is 1. The lowest BCUT2D eigenvalue weighted by Gasteiger charge is -2.09. The van der Waals surface area contributed by atoms with Gasteiger partial charge in [-0.25, -0.2) is 4.39 Å². The number of benzene rings is 2. The van der Waals surface area contributed by atoms with Crippen molar-refractivity contribution in [1.82, 2.24) is 15.4 Å². The Morgan fingerprint density at radius 1 is 1.13 bits per heavy atom. The molecule has 0 aliphatic rings. The fourth-order valence-corrected chi connectivity index (χ4v) is 2.89. The molecule has 2 aromatic heterocycles. The summed E-state index contributed by atoms with van der Waals surface area (Å²) in [5, 5.41) is 13.9. The number of carbonyl (C=O) groups is 1. The highest BCUT2D eigenvalue weighted by molar-refractivity contribution is 6.04. The first-order valence-corrected chi connectivity index (χ1v) is 9.26. The van der Waals surface area contributed by atoms with Gasteiger partial charge in [-0.15, -0.1) is 0 Å². The smallest absolute Gasteiger partial charge is 0.277 e. The quantitative estimate of drug-likeness (QED) is 0.486. The van der Waals surface area contributed by atoms with Crippen LogP contribution >= 0.6 is 0 Å². The van der Waals surface area contributed by atoms with E-state index in [-0.39, 0.29) is 18.1 Å². The zero-order valence-corrected chi connectivity index (χ0v) is 16.4. The topological polar surface area (TPSA) is 93.0 Å². The Labute approximate surface area is 171 Å². The van der Waals surface area contributed by atoms with E-state index in [2.05, 4.69) is 20.7 Å². The van der Waals surface area contributed by atoms with Crippen molar-refractivity contribution < 1.29 is 18.4 Å². The van der Waals surface area contributed by atoms with Gasteiger partial charge in [-0.2, -0.15) is 5.10 Å². The summed E-state index contributed by atoms with van der Waals surface area (Å²) < 4.78 is 23.6. The van der Waals surface area contributed by atoms with Crippen LogP contribution in [0.5, 0.6) is 5.75 Å². The van der Waals surface area contributed by atoms with Gasteiger partial charge in [-0.1, -0.05) is 16.8 Å². The summed E-state index contributed by atoms with van der Waals surface area (Å²) in [6, 6.07) is 14.7. The van der Waals surface area contributed by atoms with Crippen LogP contribution in [0.25, 0.3) is 11.3 Å². The number of carbonyl (C=O) groups excluding carboxylic acids is 1. The Morgan fingerprint density at radius 3 is 2.67 bits per heavy atom. The molecule has 2 heterocycles. The van der Waals surface area contributed by atoms with E-state index in [0.717, 1.165) is 22.5 Å². The number of hydrogen-bond donors (Lipinski definition) is 2. The fourth-order valence-electron chi connectivity index (χ4n) is 2.89. The first-order valence-electron chi connectivity index (χ1n) is 9.26. The molecule has 0 unspecified atom stereocenters. The van der Waals surface area contributed by atoms with Crippen LogP contribution in [0.4, 0.5) is 10.1 Å². The number of H-pyrrole nitrogens is 1. The van der Waals surface area contributed by atoms with Gasteiger partial charge in [0.05, 0.1) is 11.4 Å². The van der Waals surface area contributed by atoms with Gasteiger partial charge in [-0.3, -0.25) is 9.89 Å². The van der Waals surface area contributed by atoms with Gasteiger partial charge in [0.15, 0.2) is 11.5 Å². The van der Waals surface area contributed by atoms with E-state index in [1.54, 1.807) is 0 Å². The van der Waals surface area contributed by atoms with Crippen LogP contribution in [0.3, 0.4) is 0 Å². The minimum absolute atomic E-state index is 0.0637. The molecule has 0 aliphatic heterocycles. The Kier molecular flexibility index (Phi) is 5.30. The van der Waals surface area contributed by atoms with E-state index in [0.29, 0.717) is 17.2 Å². The van der Waals surface area contributed by atoms with Crippen molar-refractivity contribution >= 4 is 11.6 Å². The second-order valence-electron chi connectivity index (χ2n) is 6.86. The SMILES string of the molecule is Cc1ccc(NC(=O)c2cc(COc3ccc(F)cc3)on2)c(-c2cc(C)[nH]n2)c1. The lowest BCUT2D eigenvalue weighted by Crippen LogP contribution is -2.13. The number of nitrogens with zero attached hydrogens (tertiary/aromatic N) is 2. The van der Waals surface area contributed by atoms with Gasteiger partial charge in [0.25, 0.3) is 5.91 Å². The van der Waals surface area contributed by atoms with Crippen LogP contribution in [0.2, 0.25) is 0 Å². The highest BCUT2D eigenvalue weighted by atomic mass is 19.1. The van der Waals surface area contributed by atoms with Crippen LogP contribution in [0, 0.1) is 19.7 Å². The molecule has 0 spiro atoms. The predicted molar refractivity (Wildman–Crippen MR) is 109 cm³/mol. The summed E-state index contributed by atoms with van der Waals surface area (Å²) in [5.74, 6) is 0.0968. The average molecular weight is 406 g/mol. The molecule has 0 aliphatic carbocycles. The molecule has 152 valence electrons. The van der Waals surface area contributed by atoms with Gasteiger partial charge in [0, 0.05) is 17.3 Å². The molecular weight excluding hydrogens is 387 g/mol. The summed E-state index contributed by atoms with van der Waals surface area (Å²) in [5.41, 5.74) is 4.24. The van der Waals surface area contributed by atoms with Gasteiger partial charge < -0.3 is 14.6 Å². The van der Waals surface area contributed by atoms with Crippen LogP contribution in [0.15, 0.2) is 59.1 Å². The molecule has 0 bridgehead atoms. The molecule has 0 saturated carbocycles. The summed E-state index contributed by atoms with van der Waals surface area (Å²) in [6.45, 7) is 3.95. The summed E-state index contributed by atoms with van der Waals surface area (Å²) >= 11 is 0. The van der Waals surface area contributed by atoms with Crippen molar-refractivity contribution in [1.29, 1.82) is 0 Å². The molecule has 0 atom stereocenters. The number of hydrogen-bond acceptors (Lipinski definition) is 5. The summed E-state index contributed by atoms with van der Waals surface area (Å²) in [7, 11) is 0. The van der Waals surface area contributed by atoms with Crippen LogP contribution in [-0.2, 0) is 6.61 Å². The molecule has 0 saturated heterocycles. The third kappa shape index (κ3) is 4.38. The van der Waals surface area contributed by atoms with Crippen molar-refractivity contribution in [3.63, 3.8) is 0 Å². The van der Waals surface area contributed by atoms with E-state index in [1.807, 2.05) is 38.1 Å². The van der Waals surface area contributed by atoms with Crippen molar-refractivity contribution in [2.24, 2.45) is 0 Å². The second kappa shape index (κ2) is 8.20. The Hall–Kier alpha value is -3.94. The Bertz CT molecular complexity index is 1180. The molecular formula is C22H19FN4O3. The molecule has 8 heteroatoms. The molecule has 7 nitrogen and oxygen atoms in total. The van der Waals surface area contributed by atoms with Gasteiger partial charge >= 0.3 is 0 Å². The van der Waals surface area contributed by atoms with E-state index in [9.17, 15) is 9.18 Å². The van der Waals surface area contributed by atoms with E-state index in [1.165, 1.54) is 30.3 Å². The van der Waals surface area contributed by atoms with Gasteiger partial charge in [0.2, 0.25) is 0 Å². The van der Waals surface area contributed by atoms with Gasteiger partial charge in [0.1, 0.15) is 18.2 Å². The number of aromatic amines is 1. The maximum Gasteiger partial charge on any atom is 0.277 e. The highest BCUT2D eigenvalue weighted by Crippen LogP contribution is 2.28. The number of aryl methyl sites for hydroxylation is 2. The zero-order chi connectivity index (χ0) is 21.1. The van der Waals surface area contributed by atoms with Crippen molar-refractivity contribution in [3.05, 3.63) is 83.1 Å².